The highest BCUT2D eigenvalue weighted by molar-refractivity contribution is 6.35. The topological polar surface area (TPSA) is 67.8 Å². The minimum absolute atomic E-state index is 0.138. The number of anilines is 1. The van der Waals surface area contributed by atoms with E-state index in [1.807, 2.05) is 13.0 Å². The molecule has 0 saturated heterocycles. The molecule has 0 bridgehead atoms. The standard InChI is InChI=1S/C18H17NO4/c1-10-4-5-11(15(20)6-10)7-13-12-8-16(22-2)17(23-3)9-14(12)19-18(13)21/h4-9,20H,1-3H3,(H,19,21). The minimum Gasteiger partial charge on any atom is -0.507 e. The van der Waals surface area contributed by atoms with Gasteiger partial charge in [0.1, 0.15) is 5.75 Å². The highest BCUT2D eigenvalue weighted by atomic mass is 16.5. The summed E-state index contributed by atoms with van der Waals surface area (Å²) in [5.41, 5.74) is 3.38. The minimum atomic E-state index is -0.227. The molecule has 23 heavy (non-hydrogen) atoms. The first kappa shape index (κ1) is 15.0. The average Bonchev–Trinajstić information content (AvgIpc) is 2.83. The van der Waals surface area contributed by atoms with Crippen LogP contribution in [-0.2, 0) is 4.79 Å². The summed E-state index contributed by atoms with van der Waals surface area (Å²) in [5, 5.41) is 12.8. The quantitative estimate of drug-likeness (QED) is 0.854. The molecule has 0 aromatic heterocycles. The van der Waals surface area contributed by atoms with Crippen LogP contribution in [-0.4, -0.2) is 25.2 Å². The van der Waals surface area contributed by atoms with Crippen LogP contribution in [0.5, 0.6) is 17.2 Å². The number of carbonyl (C=O) groups excluding carboxylic acids is 1. The van der Waals surface area contributed by atoms with E-state index in [1.54, 1.807) is 44.6 Å². The van der Waals surface area contributed by atoms with Crippen LogP contribution in [0.3, 0.4) is 0 Å². The summed E-state index contributed by atoms with van der Waals surface area (Å²) < 4.78 is 10.5. The Kier molecular flexibility index (Phi) is 3.70. The van der Waals surface area contributed by atoms with E-state index in [1.165, 1.54) is 0 Å². The second-order valence-electron chi connectivity index (χ2n) is 5.33. The van der Waals surface area contributed by atoms with Crippen LogP contribution in [0.15, 0.2) is 30.3 Å². The maximum Gasteiger partial charge on any atom is 0.256 e. The Morgan fingerprint density at radius 2 is 1.78 bits per heavy atom. The van der Waals surface area contributed by atoms with Gasteiger partial charge in [-0.05, 0) is 30.7 Å². The van der Waals surface area contributed by atoms with Gasteiger partial charge in [0.05, 0.1) is 19.9 Å². The number of ether oxygens (including phenoxy) is 2. The molecule has 0 unspecified atom stereocenters. The number of fused-ring (bicyclic) bond motifs is 1. The van der Waals surface area contributed by atoms with Gasteiger partial charge >= 0.3 is 0 Å². The highest BCUT2D eigenvalue weighted by Gasteiger charge is 2.26. The summed E-state index contributed by atoms with van der Waals surface area (Å²) >= 11 is 0. The number of aromatic hydroxyl groups is 1. The summed E-state index contributed by atoms with van der Waals surface area (Å²) in [7, 11) is 3.09. The fraction of sp³-hybridized carbons (Fsp3) is 0.167. The fourth-order valence-electron chi connectivity index (χ4n) is 2.59. The number of rotatable bonds is 3. The van der Waals surface area contributed by atoms with Crippen LogP contribution in [0, 0.1) is 6.92 Å². The van der Waals surface area contributed by atoms with Crippen molar-refractivity contribution in [1.29, 1.82) is 0 Å². The van der Waals surface area contributed by atoms with Gasteiger partial charge < -0.3 is 19.9 Å². The van der Waals surface area contributed by atoms with Crippen molar-refractivity contribution in [3.05, 3.63) is 47.0 Å². The van der Waals surface area contributed by atoms with Crippen LogP contribution >= 0.6 is 0 Å². The Morgan fingerprint density at radius 3 is 2.43 bits per heavy atom. The van der Waals surface area contributed by atoms with Gasteiger partial charge in [-0.1, -0.05) is 12.1 Å². The molecular formula is C18H17NO4. The summed E-state index contributed by atoms with van der Waals surface area (Å²) in [6.07, 6.45) is 1.67. The highest BCUT2D eigenvalue weighted by Crippen LogP contribution is 2.41. The molecule has 1 heterocycles. The number of phenolic OH excluding ortho intramolecular Hbond substituents is 1. The predicted octanol–water partition coefficient (Wildman–Crippen LogP) is 3.21. The first-order chi connectivity index (χ1) is 11.0. The second kappa shape index (κ2) is 5.68. The van der Waals surface area contributed by atoms with E-state index in [0.29, 0.717) is 33.9 Å². The first-order valence-corrected chi connectivity index (χ1v) is 7.12. The lowest BCUT2D eigenvalue weighted by Gasteiger charge is -2.09. The maximum absolute atomic E-state index is 12.3. The summed E-state index contributed by atoms with van der Waals surface area (Å²) in [6, 6.07) is 8.80. The van der Waals surface area contributed by atoms with Gasteiger partial charge in [0, 0.05) is 22.8 Å². The third-order valence-electron chi connectivity index (χ3n) is 3.79. The molecule has 5 nitrogen and oxygen atoms in total. The number of benzene rings is 2. The zero-order chi connectivity index (χ0) is 16.6. The molecule has 0 aliphatic carbocycles. The molecule has 5 heteroatoms. The first-order valence-electron chi connectivity index (χ1n) is 7.12. The third kappa shape index (κ3) is 2.61. The smallest absolute Gasteiger partial charge is 0.256 e. The molecule has 0 atom stereocenters. The van der Waals surface area contributed by atoms with Gasteiger partial charge in [-0.2, -0.15) is 0 Å². The number of phenols is 1. The molecule has 0 saturated carbocycles. The summed E-state index contributed by atoms with van der Waals surface area (Å²) in [6.45, 7) is 1.89. The van der Waals surface area contributed by atoms with E-state index in [4.69, 9.17) is 9.47 Å². The van der Waals surface area contributed by atoms with Gasteiger partial charge in [0.2, 0.25) is 0 Å². The van der Waals surface area contributed by atoms with Crippen LogP contribution in [0.1, 0.15) is 16.7 Å². The fourth-order valence-corrected chi connectivity index (χ4v) is 2.59. The van der Waals surface area contributed by atoms with Crippen LogP contribution in [0.4, 0.5) is 5.69 Å². The summed E-state index contributed by atoms with van der Waals surface area (Å²) in [4.78, 5) is 12.3. The van der Waals surface area contributed by atoms with E-state index in [-0.39, 0.29) is 11.7 Å². The zero-order valence-corrected chi connectivity index (χ0v) is 13.1. The van der Waals surface area contributed by atoms with Gasteiger partial charge in [0.15, 0.2) is 11.5 Å². The van der Waals surface area contributed by atoms with Gasteiger partial charge in [-0.3, -0.25) is 4.79 Å². The third-order valence-corrected chi connectivity index (χ3v) is 3.79. The Morgan fingerprint density at radius 1 is 1.09 bits per heavy atom. The van der Waals surface area contributed by atoms with Crippen molar-refractivity contribution in [3.8, 4) is 17.2 Å². The van der Waals surface area contributed by atoms with Crippen molar-refractivity contribution >= 4 is 23.2 Å². The van der Waals surface area contributed by atoms with Gasteiger partial charge in [-0.15, -0.1) is 0 Å². The molecule has 1 amide bonds. The van der Waals surface area contributed by atoms with Crippen molar-refractivity contribution in [1.82, 2.24) is 0 Å². The number of aryl methyl sites for hydroxylation is 1. The van der Waals surface area contributed by atoms with Gasteiger partial charge in [0.25, 0.3) is 5.91 Å². The lowest BCUT2D eigenvalue weighted by Crippen LogP contribution is -2.03. The second-order valence-corrected chi connectivity index (χ2v) is 5.33. The Labute approximate surface area is 134 Å². The van der Waals surface area contributed by atoms with E-state index in [0.717, 1.165) is 5.56 Å². The Bertz CT molecular complexity index is 824. The number of nitrogens with one attached hydrogen (secondary N) is 1. The number of hydrogen-bond donors (Lipinski definition) is 2. The zero-order valence-electron chi connectivity index (χ0n) is 13.1. The largest absolute Gasteiger partial charge is 0.507 e. The van der Waals surface area contributed by atoms with E-state index >= 15 is 0 Å². The molecule has 0 fully saturated rings. The molecule has 2 N–H and O–H groups in total. The SMILES string of the molecule is COc1cc2c(cc1OC)C(=Cc1ccc(C)cc1O)C(=O)N2. The summed E-state index contributed by atoms with van der Waals surface area (Å²) in [5.74, 6) is 1.00. The molecule has 1 aliphatic heterocycles. The van der Waals surface area contributed by atoms with Gasteiger partial charge in [-0.25, -0.2) is 0 Å². The molecule has 0 spiro atoms. The predicted molar refractivity (Wildman–Crippen MR) is 88.9 cm³/mol. The number of carbonyl (C=O) groups is 1. The maximum atomic E-state index is 12.3. The molecule has 118 valence electrons. The normalized spacial score (nSPS) is 14.6. The van der Waals surface area contributed by atoms with Crippen molar-refractivity contribution in [2.24, 2.45) is 0 Å². The van der Waals surface area contributed by atoms with Crippen molar-refractivity contribution in [2.45, 2.75) is 6.92 Å². The molecule has 3 rings (SSSR count). The lowest BCUT2D eigenvalue weighted by molar-refractivity contribution is -0.110. The Balaban J connectivity index is 2.12. The van der Waals surface area contributed by atoms with Crippen molar-refractivity contribution in [3.63, 3.8) is 0 Å². The number of methoxy groups -OCH3 is 2. The molecular weight excluding hydrogens is 294 g/mol. The van der Waals surface area contributed by atoms with E-state index < -0.39 is 0 Å². The Hall–Kier alpha value is -2.95. The van der Waals surface area contributed by atoms with Crippen LogP contribution in [0.25, 0.3) is 11.6 Å². The molecule has 0 radical (unpaired) electrons. The number of hydrogen-bond acceptors (Lipinski definition) is 4. The number of amides is 1. The van der Waals surface area contributed by atoms with Crippen LogP contribution < -0.4 is 14.8 Å². The van der Waals surface area contributed by atoms with Crippen molar-refractivity contribution < 1.29 is 19.4 Å². The van der Waals surface area contributed by atoms with E-state index in [9.17, 15) is 9.90 Å². The van der Waals surface area contributed by atoms with Crippen LogP contribution in [0.2, 0.25) is 0 Å². The monoisotopic (exact) mass is 311 g/mol. The molecule has 2 aromatic rings. The molecule has 2 aromatic carbocycles. The molecule has 1 aliphatic rings. The average molecular weight is 311 g/mol. The van der Waals surface area contributed by atoms with Crippen molar-refractivity contribution in [2.75, 3.05) is 19.5 Å². The lowest BCUT2D eigenvalue weighted by atomic mass is 10.0. The van der Waals surface area contributed by atoms with E-state index in [2.05, 4.69) is 5.32 Å².